The number of hydrogen-bond acceptors (Lipinski definition) is 3. The maximum atomic E-state index is 14.0. The molecule has 3 rings (SSSR count). The van der Waals surface area contributed by atoms with Crippen LogP contribution in [0.1, 0.15) is 45.6 Å². The zero-order valence-electron chi connectivity index (χ0n) is 14.9. The molecule has 25 heavy (non-hydrogen) atoms. The van der Waals surface area contributed by atoms with Gasteiger partial charge in [-0.3, -0.25) is 4.90 Å². The molecule has 1 aromatic rings. The van der Waals surface area contributed by atoms with E-state index in [4.69, 9.17) is 9.47 Å². The van der Waals surface area contributed by atoms with E-state index in [2.05, 4.69) is 0 Å². The molecule has 2 unspecified atom stereocenters. The maximum absolute atomic E-state index is 14.0. The van der Waals surface area contributed by atoms with E-state index in [1.54, 1.807) is 4.90 Å². The first-order chi connectivity index (χ1) is 11.7. The summed E-state index contributed by atoms with van der Waals surface area (Å²) in [6, 6.07) is 1.94. The van der Waals surface area contributed by atoms with E-state index in [-0.39, 0.29) is 23.9 Å². The summed E-state index contributed by atoms with van der Waals surface area (Å²) in [6.45, 7) is 5.50. The Labute approximate surface area is 146 Å². The molecular weight excluding hydrogens is 328 g/mol. The molecule has 4 nitrogen and oxygen atoms in total. The number of ether oxygens (including phenoxy) is 2. The minimum Gasteiger partial charge on any atom is -0.493 e. The van der Waals surface area contributed by atoms with Crippen molar-refractivity contribution >= 4 is 11.7 Å². The van der Waals surface area contributed by atoms with Crippen LogP contribution in [0.2, 0.25) is 0 Å². The fraction of sp³-hybridized carbons (Fsp3) is 0.526. The van der Waals surface area contributed by atoms with E-state index in [9.17, 15) is 13.6 Å². The first-order valence-electron chi connectivity index (χ1n) is 8.45. The number of fused-ring (bicyclic) bond motifs is 2. The molecule has 1 aromatic carbocycles. The van der Waals surface area contributed by atoms with Crippen molar-refractivity contribution < 1.29 is 23.0 Å². The Kier molecular flexibility index (Phi) is 4.47. The molecular formula is C19H23F2NO3. The van der Waals surface area contributed by atoms with Crippen molar-refractivity contribution in [1.29, 1.82) is 0 Å². The Morgan fingerprint density at radius 2 is 1.96 bits per heavy atom. The van der Waals surface area contributed by atoms with Gasteiger partial charge in [0.25, 0.3) is 0 Å². The lowest BCUT2D eigenvalue weighted by Crippen LogP contribution is -2.45. The number of carbonyl (C=O) groups is 1. The summed E-state index contributed by atoms with van der Waals surface area (Å²) in [6.07, 6.45) is 3.74. The molecule has 0 aromatic heterocycles. The largest absolute Gasteiger partial charge is 0.493 e. The topological polar surface area (TPSA) is 38.8 Å². The van der Waals surface area contributed by atoms with Gasteiger partial charge >= 0.3 is 6.09 Å². The second-order valence-corrected chi connectivity index (χ2v) is 7.55. The summed E-state index contributed by atoms with van der Waals surface area (Å²) in [4.78, 5) is 14.2. The Bertz CT molecular complexity index is 724. The number of methoxy groups -OCH3 is 1. The number of rotatable bonds is 2. The van der Waals surface area contributed by atoms with Crippen molar-refractivity contribution in [3.63, 3.8) is 0 Å². The maximum Gasteiger partial charge on any atom is 0.411 e. The summed E-state index contributed by atoms with van der Waals surface area (Å²) >= 11 is 0. The second-order valence-electron chi connectivity index (χ2n) is 7.55. The van der Waals surface area contributed by atoms with Crippen LogP contribution >= 0.6 is 0 Å². The Hall–Kier alpha value is -2.11. The van der Waals surface area contributed by atoms with Gasteiger partial charge in [-0.1, -0.05) is 6.08 Å². The van der Waals surface area contributed by atoms with Gasteiger partial charge < -0.3 is 9.47 Å². The van der Waals surface area contributed by atoms with Crippen LogP contribution in [0.15, 0.2) is 18.2 Å². The van der Waals surface area contributed by atoms with Crippen molar-refractivity contribution in [2.24, 2.45) is 0 Å². The van der Waals surface area contributed by atoms with E-state index in [0.717, 1.165) is 24.5 Å². The average molecular weight is 351 g/mol. The van der Waals surface area contributed by atoms with Crippen LogP contribution in [0.5, 0.6) is 5.75 Å². The molecule has 0 N–H and O–H groups in total. The molecule has 2 heterocycles. The van der Waals surface area contributed by atoms with Crippen molar-refractivity contribution in [2.45, 2.75) is 57.7 Å². The standard InChI is InChI=1S/C19H23F2NO3/c1-19(2,3)25-18(23)22-13-5-6-14(22)8-11(7-13)15-9-12(20)10-16(21)17(15)24-4/h7,9-10,13-14H,5-6,8H2,1-4H3. The van der Waals surface area contributed by atoms with Gasteiger partial charge in [0.2, 0.25) is 0 Å². The van der Waals surface area contributed by atoms with E-state index in [0.29, 0.717) is 12.0 Å². The SMILES string of the molecule is COc1c(F)cc(F)cc1C1=CC2CCC(C1)N2C(=O)OC(C)(C)C. The molecule has 1 fully saturated rings. The van der Waals surface area contributed by atoms with E-state index in [1.807, 2.05) is 26.8 Å². The molecule has 2 atom stereocenters. The average Bonchev–Trinajstić information content (AvgIpc) is 2.75. The van der Waals surface area contributed by atoms with Crippen LogP contribution in [-0.2, 0) is 4.74 Å². The molecule has 0 radical (unpaired) electrons. The molecule has 136 valence electrons. The minimum absolute atomic E-state index is 0.0316. The van der Waals surface area contributed by atoms with Gasteiger partial charge in [-0.05, 0) is 51.7 Å². The smallest absolute Gasteiger partial charge is 0.411 e. The van der Waals surface area contributed by atoms with Crippen LogP contribution < -0.4 is 4.74 Å². The van der Waals surface area contributed by atoms with Crippen molar-refractivity contribution in [2.75, 3.05) is 7.11 Å². The minimum atomic E-state index is -0.722. The Morgan fingerprint density at radius 1 is 1.24 bits per heavy atom. The zero-order chi connectivity index (χ0) is 18.4. The fourth-order valence-electron chi connectivity index (χ4n) is 3.64. The monoisotopic (exact) mass is 351 g/mol. The van der Waals surface area contributed by atoms with Crippen LogP contribution in [0.4, 0.5) is 13.6 Å². The molecule has 0 spiro atoms. The third-order valence-corrected chi connectivity index (χ3v) is 4.56. The third kappa shape index (κ3) is 3.48. The van der Waals surface area contributed by atoms with Gasteiger partial charge in [0.05, 0.1) is 13.2 Å². The number of benzene rings is 1. The van der Waals surface area contributed by atoms with Gasteiger partial charge in [0, 0.05) is 17.7 Å². The van der Waals surface area contributed by atoms with Gasteiger partial charge in [0.1, 0.15) is 11.4 Å². The second kappa shape index (κ2) is 6.32. The lowest BCUT2D eigenvalue weighted by molar-refractivity contribution is 0.0175. The lowest BCUT2D eigenvalue weighted by Gasteiger charge is -2.35. The highest BCUT2D eigenvalue weighted by molar-refractivity contribution is 5.77. The number of carbonyl (C=O) groups excluding carboxylic acids is 1. The third-order valence-electron chi connectivity index (χ3n) is 4.56. The van der Waals surface area contributed by atoms with Gasteiger partial charge in [-0.25, -0.2) is 13.6 Å². The van der Waals surface area contributed by atoms with E-state index >= 15 is 0 Å². The Balaban J connectivity index is 1.91. The van der Waals surface area contributed by atoms with Crippen molar-refractivity contribution in [3.05, 3.63) is 35.4 Å². The summed E-state index contributed by atoms with van der Waals surface area (Å²) < 4.78 is 38.3. The van der Waals surface area contributed by atoms with E-state index in [1.165, 1.54) is 13.2 Å². The molecule has 0 aliphatic carbocycles. The highest BCUT2D eigenvalue weighted by atomic mass is 19.1. The normalized spacial score (nSPS) is 22.6. The summed E-state index contributed by atoms with van der Waals surface area (Å²) in [5.74, 6) is -1.32. The number of amides is 1. The highest BCUT2D eigenvalue weighted by Gasteiger charge is 2.42. The first-order valence-corrected chi connectivity index (χ1v) is 8.45. The quantitative estimate of drug-likeness (QED) is 0.786. The van der Waals surface area contributed by atoms with Crippen LogP contribution in [-0.4, -0.2) is 35.8 Å². The number of hydrogen-bond donors (Lipinski definition) is 0. The summed E-state index contributed by atoms with van der Waals surface area (Å²) in [5.41, 5.74) is 0.665. The lowest BCUT2D eigenvalue weighted by atomic mass is 9.94. The number of nitrogens with zero attached hydrogens (tertiary/aromatic N) is 1. The first kappa shape index (κ1) is 17.7. The van der Waals surface area contributed by atoms with Crippen LogP contribution in [0.3, 0.4) is 0 Å². The molecule has 2 bridgehead atoms. The molecule has 1 saturated heterocycles. The van der Waals surface area contributed by atoms with Gasteiger partial charge in [-0.2, -0.15) is 0 Å². The van der Waals surface area contributed by atoms with E-state index < -0.39 is 17.2 Å². The van der Waals surface area contributed by atoms with Crippen molar-refractivity contribution in [3.8, 4) is 5.75 Å². The number of halogens is 2. The highest BCUT2D eigenvalue weighted by Crippen LogP contribution is 2.42. The predicted octanol–water partition coefficient (Wildman–Crippen LogP) is 4.53. The summed E-state index contributed by atoms with van der Waals surface area (Å²) in [5, 5.41) is 0. The van der Waals surface area contributed by atoms with Crippen LogP contribution in [0.25, 0.3) is 5.57 Å². The molecule has 1 amide bonds. The van der Waals surface area contributed by atoms with Crippen LogP contribution in [0, 0.1) is 11.6 Å². The predicted molar refractivity (Wildman–Crippen MR) is 90.4 cm³/mol. The molecule has 0 saturated carbocycles. The Morgan fingerprint density at radius 3 is 2.56 bits per heavy atom. The zero-order valence-corrected chi connectivity index (χ0v) is 14.9. The fourth-order valence-corrected chi connectivity index (χ4v) is 3.64. The molecule has 6 heteroatoms. The molecule has 2 aliphatic rings. The van der Waals surface area contributed by atoms with Gasteiger partial charge in [-0.15, -0.1) is 0 Å². The summed E-state index contributed by atoms with van der Waals surface area (Å²) in [7, 11) is 1.37. The van der Waals surface area contributed by atoms with Crippen molar-refractivity contribution in [1.82, 2.24) is 4.90 Å². The van der Waals surface area contributed by atoms with Gasteiger partial charge in [0.15, 0.2) is 11.6 Å². The molecule has 2 aliphatic heterocycles.